The first-order valence-electron chi connectivity index (χ1n) is 6.72. The zero-order valence-corrected chi connectivity index (χ0v) is 13.9. The Bertz CT molecular complexity index is 641. The SMILES string of the molecule is COc1cc(C(=O)NCc2ccc(C)s2)cc(OC)c1OC. The summed E-state index contributed by atoms with van der Waals surface area (Å²) in [7, 11) is 4.57. The average molecular weight is 321 g/mol. The Morgan fingerprint density at radius 2 is 1.73 bits per heavy atom. The van der Waals surface area contributed by atoms with Gasteiger partial charge in [-0.15, -0.1) is 11.3 Å². The fraction of sp³-hybridized carbons (Fsp3) is 0.312. The third-order valence-electron chi connectivity index (χ3n) is 3.15. The minimum Gasteiger partial charge on any atom is -0.493 e. The van der Waals surface area contributed by atoms with Crippen molar-refractivity contribution >= 4 is 17.2 Å². The summed E-state index contributed by atoms with van der Waals surface area (Å²) in [6, 6.07) is 7.31. The molecule has 1 amide bonds. The molecule has 2 aromatic rings. The van der Waals surface area contributed by atoms with E-state index in [-0.39, 0.29) is 5.91 Å². The Balaban J connectivity index is 2.18. The largest absolute Gasteiger partial charge is 0.493 e. The predicted molar refractivity (Wildman–Crippen MR) is 86.3 cm³/mol. The van der Waals surface area contributed by atoms with Gasteiger partial charge in [-0.25, -0.2) is 0 Å². The second-order valence-electron chi connectivity index (χ2n) is 4.61. The maximum atomic E-state index is 12.3. The van der Waals surface area contributed by atoms with Crippen molar-refractivity contribution in [3.05, 3.63) is 39.6 Å². The lowest BCUT2D eigenvalue weighted by molar-refractivity contribution is 0.0950. The van der Waals surface area contributed by atoms with E-state index >= 15 is 0 Å². The van der Waals surface area contributed by atoms with Crippen molar-refractivity contribution in [2.75, 3.05) is 21.3 Å². The molecule has 0 spiro atoms. The van der Waals surface area contributed by atoms with Crippen LogP contribution in [0.3, 0.4) is 0 Å². The molecule has 0 atom stereocenters. The van der Waals surface area contributed by atoms with E-state index in [0.717, 1.165) is 4.88 Å². The molecule has 0 aliphatic carbocycles. The van der Waals surface area contributed by atoms with Crippen molar-refractivity contribution in [2.24, 2.45) is 0 Å². The van der Waals surface area contributed by atoms with Crippen LogP contribution in [-0.4, -0.2) is 27.2 Å². The van der Waals surface area contributed by atoms with Crippen LogP contribution in [0.5, 0.6) is 17.2 Å². The topological polar surface area (TPSA) is 56.8 Å². The highest BCUT2D eigenvalue weighted by Crippen LogP contribution is 2.38. The van der Waals surface area contributed by atoms with E-state index in [9.17, 15) is 4.79 Å². The number of benzene rings is 1. The first-order valence-corrected chi connectivity index (χ1v) is 7.54. The summed E-state index contributed by atoms with van der Waals surface area (Å²) in [5.74, 6) is 1.19. The van der Waals surface area contributed by atoms with Gasteiger partial charge in [0.15, 0.2) is 11.5 Å². The quantitative estimate of drug-likeness (QED) is 0.888. The molecule has 0 aliphatic rings. The molecule has 1 aromatic carbocycles. The molecule has 1 heterocycles. The molecule has 1 N–H and O–H groups in total. The lowest BCUT2D eigenvalue weighted by Crippen LogP contribution is -2.22. The monoisotopic (exact) mass is 321 g/mol. The smallest absolute Gasteiger partial charge is 0.251 e. The Kier molecular flexibility index (Phi) is 5.27. The number of methoxy groups -OCH3 is 3. The molecule has 0 radical (unpaired) electrons. The zero-order valence-electron chi connectivity index (χ0n) is 13.1. The zero-order chi connectivity index (χ0) is 16.1. The van der Waals surface area contributed by atoms with Crippen molar-refractivity contribution in [1.29, 1.82) is 0 Å². The van der Waals surface area contributed by atoms with Crippen LogP contribution in [-0.2, 0) is 6.54 Å². The predicted octanol–water partition coefficient (Wildman–Crippen LogP) is 3.01. The van der Waals surface area contributed by atoms with Crippen LogP contribution in [0.4, 0.5) is 0 Å². The molecule has 6 heteroatoms. The molecule has 0 fully saturated rings. The number of ether oxygens (including phenoxy) is 3. The summed E-state index contributed by atoms with van der Waals surface area (Å²) in [5, 5.41) is 2.89. The second kappa shape index (κ2) is 7.17. The van der Waals surface area contributed by atoms with Crippen molar-refractivity contribution < 1.29 is 19.0 Å². The number of hydrogen-bond acceptors (Lipinski definition) is 5. The van der Waals surface area contributed by atoms with E-state index in [0.29, 0.717) is 29.4 Å². The van der Waals surface area contributed by atoms with E-state index < -0.39 is 0 Å². The van der Waals surface area contributed by atoms with E-state index in [1.165, 1.54) is 26.2 Å². The number of amides is 1. The van der Waals surface area contributed by atoms with Crippen LogP contribution in [0.1, 0.15) is 20.1 Å². The number of nitrogens with one attached hydrogen (secondary N) is 1. The van der Waals surface area contributed by atoms with Gasteiger partial charge in [0.2, 0.25) is 5.75 Å². The van der Waals surface area contributed by atoms with E-state index in [2.05, 4.69) is 5.32 Å². The average Bonchev–Trinajstić information content (AvgIpc) is 2.96. The van der Waals surface area contributed by atoms with E-state index in [4.69, 9.17) is 14.2 Å². The molecule has 0 unspecified atom stereocenters. The Labute approximate surface area is 133 Å². The van der Waals surface area contributed by atoms with Gasteiger partial charge in [0.1, 0.15) is 0 Å². The van der Waals surface area contributed by atoms with E-state index in [1.54, 1.807) is 23.5 Å². The van der Waals surface area contributed by atoms with Crippen molar-refractivity contribution in [1.82, 2.24) is 5.32 Å². The Morgan fingerprint density at radius 1 is 1.09 bits per heavy atom. The lowest BCUT2D eigenvalue weighted by Gasteiger charge is -2.14. The number of hydrogen-bond donors (Lipinski definition) is 1. The number of carbonyl (C=O) groups excluding carboxylic acids is 1. The molecule has 0 saturated carbocycles. The highest BCUT2D eigenvalue weighted by Gasteiger charge is 2.16. The number of rotatable bonds is 6. The second-order valence-corrected chi connectivity index (χ2v) is 5.98. The molecule has 0 bridgehead atoms. The maximum absolute atomic E-state index is 12.3. The van der Waals surface area contributed by atoms with Gasteiger partial charge in [0.25, 0.3) is 5.91 Å². The number of thiophene rings is 1. The van der Waals surface area contributed by atoms with Gasteiger partial charge >= 0.3 is 0 Å². The summed E-state index contributed by atoms with van der Waals surface area (Å²) < 4.78 is 15.8. The van der Waals surface area contributed by atoms with Crippen LogP contribution in [0.15, 0.2) is 24.3 Å². The van der Waals surface area contributed by atoms with Gasteiger partial charge in [-0.05, 0) is 31.2 Å². The van der Waals surface area contributed by atoms with Crippen LogP contribution in [0.2, 0.25) is 0 Å². The van der Waals surface area contributed by atoms with Crippen molar-refractivity contribution in [3.63, 3.8) is 0 Å². The van der Waals surface area contributed by atoms with Gasteiger partial charge in [-0.2, -0.15) is 0 Å². The standard InChI is InChI=1S/C16H19NO4S/c1-10-5-6-12(22-10)9-17-16(18)11-7-13(19-2)15(21-4)14(8-11)20-3/h5-8H,9H2,1-4H3,(H,17,18). The molecule has 0 saturated heterocycles. The van der Waals surface area contributed by atoms with Gasteiger partial charge in [0, 0.05) is 15.3 Å². The number of carbonyl (C=O) groups is 1. The minimum atomic E-state index is -0.190. The molecular formula is C16H19NO4S. The van der Waals surface area contributed by atoms with Crippen LogP contribution in [0.25, 0.3) is 0 Å². The molecular weight excluding hydrogens is 302 g/mol. The summed E-state index contributed by atoms with van der Waals surface area (Å²) in [4.78, 5) is 14.6. The molecule has 118 valence electrons. The van der Waals surface area contributed by atoms with Gasteiger partial charge in [0.05, 0.1) is 27.9 Å². The maximum Gasteiger partial charge on any atom is 0.251 e. The molecule has 1 aromatic heterocycles. The van der Waals surface area contributed by atoms with Crippen LogP contribution >= 0.6 is 11.3 Å². The molecule has 5 nitrogen and oxygen atoms in total. The summed E-state index contributed by atoms with van der Waals surface area (Å²) >= 11 is 1.66. The first kappa shape index (κ1) is 16.2. The fourth-order valence-electron chi connectivity index (χ4n) is 2.06. The molecule has 22 heavy (non-hydrogen) atoms. The summed E-state index contributed by atoms with van der Waals surface area (Å²) in [5.41, 5.74) is 0.461. The van der Waals surface area contributed by atoms with E-state index in [1.807, 2.05) is 19.1 Å². The van der Waals surface area contributed by atoms with Crippen LogP contribution in [0, 0.1) is 6.92 Å². The lowest BCUT2D eigenvalue weighted by atomic mass is 10.1. The summed E-state index contributed by atoms with van der Waals surface area (Å²) in [6.07, 6.45) is 0. The highest BCUT2D eigenvalue weighted by molar-refractivity contribution is 7.11. The van der Waals surface area contributed by atoms with Crippen molar-refractivity contribution in [2.45, 2.75) is 13.5 Å². The minimum absolute atomic E-state index is 0.190. The Hall–Kier alpha value is -2.21. The molecule has 2 rings (SSSR count). The normalized spacial score (nSPS) is 10.2. The van der Waals surface area contributed by atoms with Crippen LogP contribution < -0.4 is 19.5 Å². The fourth-order valence-corrected chi connectivity index (χ4v) is 2.89. The highest BCUT2D eigenvalue weighted by atomic mass is 32.1. The Morgan fingerprint density at radius 3 is 2.18 bits per heavy atom. The third kappa shape index (κ3) is 3.51. The first-order chi connectivity index (χ1) is 10.6. The number of aryl methyl sites for hydroxylation is 1. The van der Waals surface area contributed by atoms with Gasteiger partial charge < -0.3 is 19.5 Å². The van der Waals surface area contributed by atoms with Gasteiger partial charge in [-0.1, -0.05) is 0 Å². The molecule has 0 aliphatic heterocycles. The van der Waals surface area contributed by atoms with Gasteiger partial charge in [-0.3, -0.25) is 4.79 Å². The van der Waals surface area contributed by atoms with Crippen molar-refractivity contribution in [3.8, 4) is 17.2 Å². The summed E-state index contributed by atoms with van der Waals surface area (Å²) in [6.45, 7) is 2.53. The third-order valence-corrected chi connectivity index (χ3v) is 4.15.